The van der Waals surface area contributed by atoms with Gasteiger partial charge in [-0.15, -0.1) is 0 Å². The highest BCUT2D eigenvalue weighted by Crippen LogP contribution is 2.07. The summed E-state index contributed by atoms with van der Waals surface area (Å²) in [6, 6.07) is 0. The maximum Gasteiger partial charge on any atom is 0.0240 e. The largest absolute Gasteiger partial charge is 0.256 e. The minimum atomic E-state index is -0.0972. The average molecular weight is 104 g/mol. The lowest BCUT2D eigenvalue weighted by molar-refractivity contribution is 0.717. The molecule has 1 nitrogen and oxygen atoms in total. The van der Waals surface area contributed by atoms with E-state index in [-0.39, 0.29) is 4.75 Å². The predicted octanol–water partition coefficient (Wildman–Crippen LogP) is 0.978. The summed E-state index contributed by atoms with van der Waals surface area (Å²) in [7, 11) is 0. The summed E-state index contributed by atoms with van der Waals surface area (Å²) in [6.07, 6.45) is 0. The second-order valence-electron chi connectivity index (χ2n) is 1.99. The summed E-state index contributed by atoms with van der Waals surface area (Å²) in [5.74, 6) is 0. The summed E-state index contributed by atoms with van der Waals surface area (Å²) in [5, 5.41) is 0. The Hall–Kier alpha value is 0.310. The van der Waals surface area contributed by atoms with Gasteiger partial charge in [0.05, 0.1) is 0 Å². The minimum Gasteiger partial charge on any atom is -0.256 e. The molecule has 0 amide bonds. The first kappa shape index (κ1) is 6.31. The Morgan fingerprint density at radius 2 is 1.83 bits per heavy atom. The van der Waals surface area contributed by atoms with Gasteiger partial charge < -0.3 is 0 Å². The topological polar surface area (TPSA) is 23.8 Å². The van der Waals surface area contributed by atoms with Crippen LogP contribution in [0.5, 0.6) is 0 Å². The van der Waals surface area contributed by atoms with Crippen LogP contribution < -0.4 is 5.73 Å². The van der Waals surface area contributed by atoms with Crippen LogP contribution in [0.2, 0.25) is 0 Å². The molecule has 0 aromatic carbocycles. The van der Waals surface area contributed by atoms with E-state index in [1.54, 1.807) is 0 Å². The van der Waals surface area contributed by atoms with Crippen molar-refractivity contribution in [3.63, 3.8) is 0 Å². The highest BCUT2D eigenvalue weighted by atomic mass is 32.1. The fourth-order valence-corrected chi connectivity index (χ4v) is 0. The second kappa shape index (κ2) is 1.85. The Kier molecular flexibility index (Phi) is 1.94. The van der Waals surface area contributed by atoms with Gasteiger partial charge in [-0.25, -0.2) is 0 Å². The molecule has 0 fully saturated rings. The van der Waals surface area contributed by atoms with Crippen LogP contribution in [-0.4, -0.2) is 11.3 Å². The Balaban J connectivity index is 3.17. The predicted molar refractivity (Wildman–Crippen MR) is 31.0 cm³/mol. The molecule has 0 atom stereocenters. The third kappa shape index (κ3) is 4.31. The van der Waals surface area contributed by atoms with E-state index in [9.17, 15) is 0 Å². The molecule has 6 heavy (non-hydrogen) atoms. The van der Waals surface area contributed by atoms with Crippen molar-refractivity contribution in [2.75, 3.05) is 6.54 Å². The zero-order chi connectivity index (χ0) is 5.21. The molecule has 0 rings (SSSR count). The van der Waals surface area contributed by atoms with Crippen molar-refractivity contribution in [3.8, 4) is 0 Å². The first-order valence-corrected chi connectivity index (χ1v) is 2.38. The van der Waals surface area contributed by atoms with E-state index in [2.05, 4.69) is 12.6 Å². The first-order valence-electron chi connectivity index (χ1n) is 1.93. The number of thiol groups is 1. The van der Waals surface area contributed by atoms with Crippen LogP contribution in [0.4, 0.5) is 0 Å². The van der Waals surface area contributed by atoms with Gasteiger partial charge in [-0.1, -0.05) is 0 Å². The smallest absolute Gasteiger partial charge is 0.0240 e. The Bertz CT molecular complexity index is 37.3. The maximum atomic E-state index is 6.78. The molecule has 0 bridgehead atoms. The Morgan fingerprint density at radius 3 is 1.83 bits per heavy atom. The molecular formula is C4H10NS. The van der Waals surface area contributed by atoms with Gasteiger partial charge in [0.1, 0.15) is 0 Å². The highest BCUT2D eigenvalue weighted by molar-refractivity contribution is 7.81. The molecule has 0 spiro atoms. The third-order valence-corrected chi connectivity index (χ3v) is 0.591. The van der Waals surface area contributed by atoms with E-state index >= 15 is 0 Å². The first-order chi connectivity index (χ1) is 2.56. The molecule has 0 aromatic heterocycles. The summed E-state index contributed by atoms with van der Waals surface area (Å²) < 4.78 is -0.0972. The van der Waals surface area contributed by atoms with E-state index in [0.29, 0.717) is 6.54 Å². The van der Waals surface area contributed by atoms with E-state index in [1.165, 1.54) is 0 Å². The lowest BCUT2D eigenvalue weighted by Gasteiger charge is -2.10. The second-order valence-corrected chi connectivity index (χ2v) is 3.20. The molecule has 0 heterocycles. The van der Waals surface area contributed by atoms with Gasteiger partial charge in [-0.2, -0.15) is 12.6 Å². The van der Waals surface area contributed by atoms with Crippen molar-refractivity contribution in [1.82, 2.24) is 5.73 Å². The summed E-state index contributed by atoms with van der Waals surface area (Å²) in [4.78, 5) is 0. The van der Waals surface area contributed by atoms with Gasteiger partial charge in [-0.3, -0.25) is 5.73 Å². The monoisotopic (exact) mass is 104 g/mol. The van der Waals surface area contributed by atoms with E-state index in [1.807, 2.05) is 13.8 Å². The molecule has 0 saturated carbocycles. The van der Waals surface area contributed by atoms with Gasteiger partial charge in [-0.05, 0) is 13.8 Å². The molecule has 1 N–H and O–H groups in total. The highest BCUT2D eigenvalue weighted by Gasteiger charge is 2.05. The zero-order valence-electron chi connectivity index (χ0n) is 4.15. The normalized spacial score (nSPS) is 12.0. The van der Waals surface area contributed by atoms with Crippen LogP contribution in [-0.2, 0) is 0 Å². The fourth-order valence-electron chi connectivity index (χ4n) is 0. The van der Waals surface area contributed by atoms with Crippen molar-refractivity contribution < 1.29 is 0 Å². The molecule has 1 radical (unpaired) electrons. The summed E-state index contributed by atoms with van der Waals surface area (Å²) >= 11 is 4.07. The molecule has 0 saturated heterocycles. The van der Waals surface area contributed by atoms with Crippen LogP contribution in [0.1, 0.15) is 13.8 Å². The molecule has 0 aliphatic carbocycles. The molecule has 0 aliphatic heterocycles. The van der Waals surface area contributed by atoms with Gasteiger partial charge in [0.15, 0.2) is 0 Å². The van der Waals surface area contributed by atoms with Gasteiger partial charge in [0.25, 0.3) is 0 Å². The number of nitrogens with one attached hydrogen (secondary N) is 1. The molecule has 0 aliphatic rings. The van der Waals surface area contributed by atoms with Crippen molar-refractivity contribution in [1.29, 1.82) is 0 Å². The minimum absolute atomic E-state index is 0.0972. The number of rotatable bonds is 1. The lowest BCUT2D eigenvalue weighted by Crippen LogP contribution is -2.16. The fraction of sp³-hybridized carbons (Fsp3) is 1.00. The number of hydrogen-bond donors (Lipinski definition) is 1. The molecule has 0 unspecified atom stereocenters. The SMILES string of the molecule is CC(C)(S)C[NH]. The van der Waals surface area contributed by atoms with Gasteiger partial charge >= 0.3 is 0 Å². The number of hydrogen-bond acceptors (Lipinski definition) is 1. The van der Waals surface area contributed by atoms with Gasteiger partial charge in [0.2, 0.25) is 0 Å². The molecular weight excluding hydrogens is 94.1 g/mol. The standard InChI is InChI=1S/C4H10NS/c1-4(2,6)3-5/h5-6H,3H2,1-2H3. The third-order valence-electron chi connectivity index (χ3n) is 0.433. The van der Waals surface area contributed by atoms with Crippen molar-refractivity contribution >= 4 is 12.6 Å². The van der Waals surface area contributed by atoms with E-state index < -0.39 is 0 Å². The molecule has 2 heteroatoms. The van der Waals surface area contributed by atoms with Crippen LogP contribution in [0.15, 0.2) is 0 Å². The Morgan fingerprint density at radius 1 is 1.67 bits per heavy atom. The molecule has 37 valence electrons. The van der Waals surface area contributed by atoms with Crippen LogP contribution in [0.25, 0.3) is 0 Å². The van der Waals surface area contributed by atoms with Gasteiger partial charge in [0, 0.05) is 11.3 Å². The van der Waals surface area contributed by atoms with Crippen molar-refractivity contribution in [2.45, 2.75) is 18.6 Å². The summed E-state index contributed by atoms with van der Waals surface area (Å²) in [5.41, 5.74) is 6.78. The van der Waals surface area contributed by atoms with Crippen molar-refractivity contribution in [3.05, 3.63) is 0 Å². The van der Waals surface area contributed by atoms with Crippen LogP contribution in [0.3, 0.4) is 0 Å². The quantitative estimate of drug-likeness (QED) is 0.479. The maximum absolute atomic E-state index is 6.78. The van der Waals surface area contributed by atoms with Crippen LogP contribution in [0, 0.1) is 0 Å². The van der Waals surface area contributed by atoms with E-state index in [4.69, 9.17) is 5.73 Å². The zero-order valence-corrected chi connectivity index (χ0v) is 5.05. The van der Waals surface area contributed by atoms with Crippen LogP contribution >= 0.6 is 12.6 Å². The molecule has 0 aromatic rings. The Labute approximate surface area is 44.3 Å². The lowest BCUT2D eigenvalue weighted by atomic mass is 10.2. The average Bonchev–Trinajstić information content (AvgIpc) is 1.35. The van der Waals surface area contributed by atoms with E-state index in [0.717, 1.165) is 0 Å². The summed E-state index contributed by atoms with van der Waals surface area (Å²) in [6.45, 7) is 4.22. The van der Waals surface area contributed by atoms with Crippen molar-refractivity contribution in [2.24, 2.45) is 0 Å².